The van der Waals surface area contributed by atoms with Crippen LogP contribution >= 0.6 is 0 Å². The van der Waals surface area contributed by atoms with E-state index in [2.05, 4.69) is 12.2 Å². The Morgan fingerprint density at radius 1 is 1.22 bits per heavy atom. The summed E-state index contributed by atoms with van der Waals surface area (Å²) < 4.78 is 16.5. The topological polar surface area (TPSA) is 39.7 Å². The predicted octanol–water partition coefficient (Wildman–Crippen LogP) is 2.09. The SMILES string of the molecule is CCNCC(COC)Oc1cccc(OCC)c1. The minimum absolute atomic E-state index is 0.00632. The van der Waals surface area contributed by atoms with Gasteiger partial charge in [-0.25, -0.2) is 0 Å². The molecule has 1 atom stereocenters. The molecule has 0 heterocycles. The average molecular weight is 253 g/mol. The highest BCUT2D eigenvalue weighted by Gasteiger charge is 2.10. The second kappa shape index (κ2) is 8.78. The molecule has 102 valence electrons. The number of nitrogens with one attached hydrogen (secondary N) is 1. The average Bonchev–Trinajstić information content (AvgIpc) is 2.37. The summed E-state index contributed by atoms with van der Waals surface area (Å²) in [5.74, 6) is 1.63. The molecule has 0 aromatic heterocycles. The van der Waals surface area contributed by atoms with Crippen molar-refractivity contribution in [3.8, 4) is 11.5 Å². The Morgan fingerprint density at radius 3 is 2.67 bits per heavy atom. The van der Waals surface area contributed by atoms with Crippen molar-refractivity contribution in [2.24, 2.45) is 0 Å². The van der Waals surface area contributed by atoms with Gasteiger partial charge in [0.05, 0.1) is 13.2 Å². The van der Waals surface area contributed by atoms with E-state index in [4.69, 9.17) is 14.2 Å². The first-order valence-corrected chi connectivity index (χ1v) is 6.39. The Morgan fingerprint density at radius 2 is 2.00 bits per heavy atom. The summed E-state index contributed by atoms with van der Waals surface area (Å²) in [5.41, 5.74) is 0. The number of ether oxygens (including phenoxy) is 3. The van der Waals surface area contributed by atoms with Crippen LogP contribution < -0.4 is 14.8 Å². The lowest BCUT2D eigenvalue weighted by Crippen LogP contribution is -2.34. The normalized spacial score (nSPS) is 12.2. The fourth-order valence-corrected chi connectivity index (χ4v) is 1.62. The van der Waals surface area contributed by atoms with Crippen LogP contribution in [0.2, 0.25) is 0 Å². The van der Waals surface area contributed by atoms with E-state index >= 15 is 0 Å². The third-order valence-corrected chi connectivity index (χ3v) is 2.39. The molecule has 4 heteroatoms. The van der Waals surface area contributed by atoms with E-state index in [-0.39, 0.29) is 6.10 Å². The monoisotopic (exact) mass is 253 g/mol. The van der Waals surface area contributed by atoms with Gasteiger partial charge in [-0.05, 0) is 25.6 Å². The first-order valence-electron chi connectivity index (χ1n) is 6.39. The van der Waals surface area contributed by atoms with Crippen molar-refractivity contribution < 1.29 is 14.2 Å². The third-order valence-electron chi connectivity index (χ3n) is 2.39. The number of methoxy groups -OCH3 is 1. The van der Waals surface area contributed by atoms with Crippen molar-refractivity contribution in [3.05, 3.63) is 24.3 Å². The molecule has 1 unspecified atom stereocenters. The summed E-state index contributed by atoms with van der Waals surface area (Å²) in [6.45, 7) is 6.94. The van der Waals surface area contributed by atoms with Gasteiger partial charge in [-0.2, -0.15) is 0 Å². The number of rotatable bonds is 9. The number of hydrogen-bond acceptors (Lipinski definition) is 4. The summed E-state index contributed by atoms with van der Waals surface area (Å²) in [6.07, 6.45) is 0.00632. The molecule has 0 aliphatic carbocycles. The first kappa shape index (κ1) is 14.8. The standard InChI is InChI=1S/C14H23NO3/c1-4-15-10-14(11-16-3)18-13-8-6-7-12(9-13)17-5-2/h6-9,14-15H,4-5,10-11H2,1-3H3. The molecule has 1 aromatic carbocycles. The van der Waals surface area contributed by atoms with Gasteiger partial charge in [0.2, 0.25) is 0 Å². The summed E-state index contributed by atoms with van der Waals surface area (Å²) in [6, 6.07) is 7.68. The maximum atomic E-state index is 5.88. The Bertz CT molecular complexity index is 331. The van der Waals surface area contributed by atoms with Crippen molar-refractivity contribution in [1.82, 2.24) is 5.32 Å². The molecule has 0 spiro atoms. The summed E-state index contributed by atoms with van der Waals surface area (Å²) in [5, 5.41) is 3.26. The molecular weight excluding hydrogens is 230 g/mol. The lowest BCUT2D eigenvalue weighted by atomic mass is 10.3. The van der Waals surface area contributed by atoms with Gasteiger partial charge in [-0.3, -0.25) is 0 Å². The van der Waals surface area contributed by atoms with Gasteiger partial charge in [0.25, 0.3) is 0 Å². The minimum atomic E-state index is 0.00632. The fraction of sp³-hybridized carbons (Fsp3) is 0.571. The van der Waals surface area contributed by atoms with Crippen LogP contribution in [0.3, 0.4) is 0 Å². The zero-order chi connectivity index (χ0) is 13.2. The van der Waals surface area contributed by atoms with Gasteiger partial charge in [0.15, 0.2) is 0 Å². The molecule has 0 amide bonds. The summed E-state index contributed by atoms with van der Waals surface area (Å²) in [4.78, 5) is 0. The van der Waals surface area contributed by atoms with Crippen LogP contribution in [0, 0.1) is 0 Å². The molecule has 4 nitrogen and oxygen atoms in total. The molecule has 1 N–H and O–H groups in total. The van der Waals surface area contributed by atoms with Gasteiger partial charge in [-0.1, -0.05) is 13.0 Å². The van der Waals surface area contributed by atoms with Gasteiger partial charge < -0.3 is 19.5 Å². The zero-order valence-electron chi connectivity index (χ0n) is 11.4. The maximum Gasteiger partial charge on any atom is 0.134 e. The Hall–Kier alpha value is -1.26. The third kappa shape index (κ3) is 5.38. The second-order valence-electron chi connectivity index (χ2n) is 3.91. The molecule has 1 rings (SSSR count). The van der Waals surface area contributed by atoms with Crippen LogP contribution in [0.15, 0.2) is 24.3 Å². The predicted molar refractivity (Wildman–Crippen MR) is 72.4 cm³/mol. The highest BCUT2D eigenvalue weighted by molar-refractivity contribution is 5.33. The van der Waals surface area contributed by atoms with E-state index in [1.807, 2.05) is 31.2 Å². The summed E-state index contributed by atoms with van der Waals surface area (Å²) in [7, 11) is 1.68. The quantitative estimate of drug-likeness (QED) is 0.731. The zero-order valence-corrected chi connectivity index (χ0v) is 11.4. The molecular formula is C14H23NO3. The second-order valence-corrected chi connectivity index (χ2v) is 3.91. The van der Waals surface area contributed by atoms with Crippen LogP contribution in [0.4, 0.5) is 0 Å². The van der Waals surface area contributed by atoms with E-state index < -0.39 is 0 Å². The van der Waals surface area contributed by atoms with Crippen molar-refractivity contribution in [3.63, 3.8) is 0 Å². The van der Waals surface area contributed by atoms with Crippen molar-refractivity contribution in [1.29, 1.82) is 0 Å². The van der Waals surface area contributed by atoms with E-state index in [1.54, 1.807) is 7.11 Å². The molecule has 0 aliphatic rings. The van der Waals surface area contributed by atoms with Crippen molar-refractivity contribution in [2.45, 2.75) is 20.0 Å². The fourth-order valence-electron chi connectivity index (χ4n) is 1.62. The van der Waals surface area contributed by atoms with E-state index in [0.29, 0.717) is 13.2 Å². The molecule has 0 saturated carbocycles. The number of hydrogen-bond donors (Lipinski definition) is 1. The van der Waals surface area contributed by atoms with Crippen molar-refractivity contribution >= 4 is 0 Å². The Kier molecular flexibility index (Phi) is 7.22. The van der Waals surface area contributed by atoms with Crippen LogP contribution in [-0.4, -0.2) is 39.5 Å². The minimum Gasteiger partial charge on any atom is -0.494 e. The van der Waals surface area contributed by atoms with Gasteiger partial charge in [-0.15, -0.1) is 0 Å². The largest absolute Gasteiger partial charge is 0.494 e. The number of likely N-dealkylation sites (N-methyl/N-ethyl adjacent to an activating group) is 1. The van der Waals surface area contributed by atoms with Gasteiger partial charge in [0.1, 0.15) is 17.6 Å². The first-order chi connectivity index (χ1) is 8.80. The summed E-state index contributed by atoms with van der Waals surface area (Å²) >= 11 is 0. The van der Waals surface area contributed by atoms with Gasteiger partial charge >= 0.3 is 0 Å². The highest BCUT2D eigenvalue weighted by atomic mass is 16.5. The lowest BCUT2D eigenvalue weighted by Gasteiger charge is -2.19. The Labute approximate surface area is 109 Å². The number of benzene rings is 1. The smallest absolute Gasteiger partial charge is 0.134 e. The maximum absolute atomic E-state index is 5.88. The molecule has 0 saturated heterocycles. The van der Waals surface area contributed by atoms with Gasteiger partial charge in [0, 0.05) is 19.7 Å². The Balaban J connectivity index is 2.58. The van der Waals surface area contributed by atoms with Crippen LogP contribution in [0.5, 0.6) is 11.5 Å². The van der Waals surface area contributed by atoms with E-state index in [1.165, 1.54) is 0 Å². The van der Waals surface area contributed by atoms with Crippen molar-refractivity contribution in [2.75, 3.05) is 33.4 Å². The molecule has 0 aliphatic heterocycles. The van der Waals surface area contributed by atoms with Crippen LogP contribution in [0.25, 0.3) is 0 Å². The lowest BCUT2D eigenvalue weighted by molar-refractivity contribution is 0.0808. The van der Waals surface area contributed by atoms with Crippen LogP contribution in [-0.2, 0) is 4.74 Å². The van der Waals surface area contributed by atoms with Crippen LogP contribution in [0.1, 0.15) is 13.8 Å². The molecule has 18 heavy (non-hydrogen) atoms. The molecule has 0 fully saturated rings. The van der Waals surface area contributed by atoms with E-state index in [9.17, 15) is 0 Å². The van der Waals surface area contributed by atoms with E-state index in [0.717, 1.165) is 24.6 Å². The molecule has 1 aromatic rings. The molecule has 0 radical (unpaired) electrons. The highest BCUT2D eigenvalue weighted by Crippen LogP contribution is 2.20. The molecule has 0 bridgehead atoms.